The molecule has 0 bridgehead atoms. The average Bonchev–Trinajstić information content (AvgIpc) is 2.40. The van der Waals surface area contributed by atoms with E-state index in [1.54, 1.807) is 0 Å². The standard InChI is InChI=1S/C12H28N.CBr3NO2.CNO/c1-5-9-13(10-6-2,11-7-3)12-8-4;2-1(3,4)5(6)7;2-1-3/h5-12H2,1-4H3;;/q+1;;-1. The maximum atomic E-state index is 9.69. The molecular formula is C14H28Br3N3O3. The third kappa shape index (κ3) is 18.4. The number of hydrogen-bond donors (Lipinski definition) is 0. The van der Waals surface area contributed by atoms with E-state index >= 15 is 0 Å². The number of rotatable bonds is 8. The molecule has 0 aliphatic carbocycles. The summed E-state index contributed by atoms with van der Waals surface area (Å²) in [7, 11) is 0. The van der Waals surface area contributed by atoms with E-state index in [2.05, 4.69) is 75.5 Å². The van der Waals surface area contributed by atoms with Crippen LogP contribution in [0, 0.1) is 10.1 Å². The predicted octanol–water partition coefficient (Wildman–Crippen LogP) is 5.39. The molecule has 0 radical (unpaired) electrons. The highest BCUT2D eigenvalue weighted by molar-refractivity contribution is 9.39. The Bertz CT molecular complexity index is 301. The van der Waals surface area contributed by atoms with Crippen molar-refractivity contribution in [1.29, 1.82) is 0 Å². The van der Waals surface area contributed by atoms with Gasteiger partial charge in [0.2, 0.25) is 0 Å². The molecule has 0 atom stereocenters. The molecule has 0 rings (SSSR count). The molecule has 0 aromatic rings. The van der Waals surface area contributed by atoms with Gasteiger partial charge in [0, 0.05) is 47.8 Å². The highest BCUT2D eigenvalue weighted by Crippen LogP contribution is 2.33. The Morgan fingerprint density at radius 2 is 1.13 bits per heavy atom. The largest absolute Gasteiger partial charge is 0.724 e. The van der Waals surface area contributed by atoms with Gasteiger partial charge in [-0.05, 0) is 31.8 Å². The lowest BCUT2D eigenvalue weighted by Gasteiger charge is -2.38. The fourth-order valence-corrected chi connectivity index (χ4v) is 2.57. The van der Waals surface area contributed by atoms with Gasteiger partial charge in [-0.1, -0.05) is 27.7 Å². The van der Waals surface area contributed by atoms with Crippen molar-refractivity contribution >= 4 is 53.9 Å². The van der Waals surface area contributed by atoms with Crippen LogP contribution in [-0.4, -0.2) is 43.9 Å². The minimum atomic E-state index is -1.34. The molecule has 0 aromatic carbocycles. The predicted molar refractivity (Wildman–Crippen MR) is 106 cm³/mol. The minimum Gasteiger partial charge on any atom is -0.724 e. The van der Waals surface area contributed by atoms with Gasteiger partial charge in [0.05, 0.1) is 31.1 Å². The second-order valence-electron chi connectivity index (χ2n) is 5.05. The topological polar surface area (TPSA) is 82.5 Å². The molecule has 0 aliphatic rings. The summed E-state index contributed by atoms with van der Waals surface area (Å²) in [5.41, 5.74) is 0. The summed E-state index contributed by atoms with van der Waals surface area (Å²) >= 11 is 8.03. The van der Waals surface area contributed by atoms with Crippen LogP contribution in [0.1, 0.15) is 53.4 Å². The minimum absolute atomic E-state index is 0.500. The third-order valence-electron chi connectivity index (χ3n) is 3.00. The van der Waals surface area contributed by atoms with Crippen LogP contribution in [0.25, 0.3) is 5.41 Å². The van der Waals surface area contributed by atoms with Crippen LogP contribution in [0.5, 0.6) is 0 Å². The Labute approximate surface area is 165 Å². The highest BCUT2D eigenvalue weighted by Gasteiger charge is 2.31. The van der Waals surface area contributed by atoms with Crippen LogP contribution in [0.15, 0.2) is 0 Å². The van der Waals surface area contributed by atoms with Crippen molar-refractivity contribution in [2.45, 2.75) is 55.6 Å². The molecule has 0 heterocycles. The molecule has 0 aromatic heterocycles. The van der Waals surface area contributed by atoms with Crippen LogP contribution in [0.2, 0.25) is 0 Å². The van der Waals surface area contributed by atoms with Gasteiger partial charge in [-0.3, -0.25) is 14.9 Å². The number of halogens is 3. The molecule has 0 amide bonds. The highest BCUT2D eigenvalue weighted by atomic mass is 80.0. The molecule has 0 unspecified atom stereocenters. The Morgan fingerprint density at radius 1 is 0.957 bits per heavy atom. The Hall–Kier alpha value is 0.180. The molecule has 0 spiro atoms. The molecule has 138 valence electrons. The van der Waals surface area contributed by atoms with Crippen molar-refractivity contribution in [3.8, 4) is 0 Å². The van der Waals surface area contributed by atoms with Gasteiger partial charge < -0.3 is 9.89 Å². The summed E-state index contributed by atoms with van der Waals surface area (Å²) in [4.78, 5) is 17.4. The van der Waals surface area contributed by atoms with Crippen molar-refractivity contribution in [2.75, 3.05) is 26.2 Å². The summed E-state index contributed by atoms with van der Waals surface area (Å²) in [6.07, 6.45) is 5.83. The average molecular weight is 526 g/mol. The van der Waals surface area contributed by atoms with Gasteiger partial charge in [-0.2, -0.15) is 0 Å². The number of nitro groups is 1. The van der Waals surface area contributed by atoms with Gasteiger partial charge in [-0.15, -0.1) is 0 Å². The monoisotopic (exact) mass is 523 g/mol. The van der Waals surface area contributed by atoms with Gasteiger partial charge in [0.15, 0.2) is 0 Å². The summed E-state index contributed by atoms with van der Waals surface area (Å²) < 4.78 is 0.0347. The molecular weight excluding hydrogens is 498 g/mol. The molecule has 9 heteroatoms. The molecule has 23 heavy (non-hydrogen) atoms. The summed E-state index contributed by atoms with van der Waals surface area (Å²) in [5, 5.41) is 16.4. The number of alkyl halides is 3. The fourth-order valence-electron chi connectivity index (χ4n) is 2.57. The maximum absolute atomic E-state index is 9.69. The first kappa shape index (κ1) is 28.0. The van der Waals surface area contributed by atoms with Crippen LogP contribution < -0.4 is 0 Å². The van der Waals surface area contributed by atoms with Crippen LogP contribution >= 0.6 is 47.8 Å². The normalized spacial score (nSPS) is 10.6. The van der Waals surface area contributed by atoms with E-state index in [4.69, 9.17) is 10.2 Å². The molecule has 6 nitrogen and oxygen atoms in total. The summed E-state index contributed by atoms with van der Waals surface area (Å²) in [6.45, 7) is 14.8. The number of hydrogen-bond acceptors (Lipinski definition) is 3. The lowest BCUT2D eigenvalue weighted by molar-refractivity contribution is -0.928. The first-order valence-electron chi connectivity index (χ1n) is 7.68. The van der Waals surface area contributed by atoms with Crippen LogP contribution in [0.3, 0.4) is 0 Å². The number of isocyanates is 1. The van der Waals surface area contributed by atoms with Gasteiger partial charge in [0.1, 0.15) is 0 Å². The van der Waals surface area contributed by atoms with Gasteiger partial charge in [0.25, 0.3) is 0 Å². The second-order valence-corrected chi connectivity index (χ2v) is 11.7. The number of nitrogens with zero attached hydrogens (tertiary/aromatic N) is 3. The maximum Gasteiger partial charge on any atom is 0.379 e. The Kier molecular flexibility index (Phi) is 20.7. The SMILES string of the molecule is CCC[N+](CCC)(CCC)CCC.O=[N+]([O-])C(Br)(Br)Br.[N-]=C=O. The zero-order chi connectivity index (χ0) is 18.9. The number of quaternary nitrogens is 1. The molecule has 0 saturated heterocycles. The van der Waals surface area contributed by atoms with E-state index < -0.39 is 7.19 Å². The molecule has 0 aliphatic heterocycles. The van der Waals surface area contributed by atoms with Gasteiger partial charge >= 0.3 is 2.27 Å². The Morgan fingerprint density at radius 3 is 1.22 bits per heavy atom. The Balaban J connectivity index is -0.000000335. The van der Waals surface area contributed by atoms with E-state index in [0.717, 1.165) is 0 Å². The van der Waals surface area contributed by atoms with Crippen molar-refractivity contribution in [1.82, 2.24) is 0 Å². The number of carbonyl (C=O) groups excluding carboxylic acids is 1. The van der Waals surface area contributed by atoms with Crippen molar-refractivity contribution in [2.24, 2.45) is 0 Å². The summed E-state index contributed by atoms with van der Waals surface area (Å²) in [5.74, 6) is 0. The van der Waals surface area contributed by atoms with Crippen molar-refractivity contribution < 1.29 is 14.2 Å². The third-order valence-corrected chi connectivity index (χ3v) is 3.87. The van der Waals surface area contributed by atoms with Crippen molar-refractivity contribution in [3.63, 3.8) is 0 Å². The molecule has 0 fully saturated rings. The van der Waals surface area contributed by atoms with E-state index in [1.807, 2.05) is 0 Å². The van der Waals surface area contributed by atoms with E-state index in [-0.39, 0.29) is 0 Å². The molecule has 0 N–H and O–H groups in total. The zero-order valence-corrected chi connectivity index (χ0v) is 19.1. The first-order valence-corrected chi connectivity index (χ1v) is 10.1. The zero-order valence-electron chi connectivity index (χ0n) is 14.4. The van der Waals surface area contributed by atoms with E-state index in [0.29, 0.717) is 6.08 Å². The smallest absolute Gasteiger partial charge is 0.379 e. The summed E-state index contributed by atoms with van der Waals surface area (Å²) in [6, 6.07) is 0. The second kappa shape index (κ2) is 17.0. The van der Waals surface area contributed by atoms with Gasteiger partial charge in [-0.25, -0.2) is 0 Å². The quantitative estimate of drug-likeness (QED) is 0.0809. The van der Waals surface area contributed by atoms with E-state index in [9.17, 15) is 10.1 Å². The molecule has 0 saturated carbocycles. The lowest BCUT2D eigenvalue weighted by atomic mass is 10.2. The van der Waals surface area contributed by atoms with Crippen LogP contribution in [0.4, 0.5) is 0 Å². The van der Waals surface area contributed by atoms with Crippen LogP contribution in [-0.2, 0) is 4.79 Å². The lowest BCUT2D eigenvalue weighted by Crippen LogP contribution is -2.50. The fraction of sp³-hybridized carbons (Fsp3) is 0.929. The first-order chi connectivity index (χ1) is 10.6. The van der Waals surface area contributed by atoms with E-state index in [1.165, 1.54) is 56.3 Å². The van der Waals surface area contributed by atoms with Crippen molar-refractivity contribution in [3.05, 3.63) is 15.5 Å².